The molecular weight excluding hydrogens is 596 g/mol. The Labute approximate surface area is 265 Å². The molecule has 6 rings (SSSR count). The zero-order valence-electron chi connectivity index (χ0n) is 26.1. The van der Waals surface area contributed by atoms with Gasteiger partial charge in [-0.3, -0.25) is 19.1 Å². The van der Waals surface area contributed by atoms with Crippen molar-refractivity contribution >= 4 is 33.8 Å². The fourth-order valence-corrected chi connectivity index (χ4v) is 8.52. The van der Waals surface area contributed by atoms with Crippen LogP contribution in [0.4, 0.5) is 4.79 Å². The maximum Gasteiger partial charge on any atom is 0.410 e. The third-order valence-corrected chi connectivity index (χ3v) is 11.8. The highest BCUT2D eigenvalue weighted by atomic mass is 32.2. The summed E-state index contributed by atoms with van der Waals surface area (Å²) in [6.45, 7) is 5.13. The summed E-state index contributed by atoms with van der Waals surface area (Å²) in [5, 5.41) is 2.28. The number of sulfonamides is 1. The van der Waals surface area contributed by atoms with Crippen molar-refractivity contribution < 1.29 is 32.3 Å². The van der Waals surface area contributed by atoms with Gasteiger partial charge in [-0.25, -0.2) is 13.2 Å². The fourth-order valence-electron chi connectivity index (χ4n) is 7.16. The van der Waals surface area contributed by atoms with Crippen molar-refractivity contribution in [2.24, 2.45) is 5.92 Å². The summed E-state index contributed by atoms with van der Waals surface area (Å²) >= 11 is 0. The van der Waals surface area contributed by atoms with Crippen LogP contribution in [0.25, 0.3) is 0 Å². The summed E-state index contributed by atoms with van der Waals surface area (Å²) in [4.78, 5) is 57.3. The molecule has 2 N–H and O–H groups in total. The molecule has 3 aliphatic heterocycles. The average molecular weight is 641 g/mol. The first kappa shape index (κ1) is 31.6. The van der Waals surface area contributed by atoms with Crippen molar-refractivity contribution in [3.63, 3.8) is 0 Å². The van der Waals surface area contributed by atoms with E-state index in [0.717, 1.165) is 31.2 Å². The second kappa shape index (κ2) is 12.1. The minimum Gasteiger partial charge on any atom is -0.444 e. The van der Waals surface area contributed by atoms with Crippen molar-refractivity contribution in [3.8, 4) is 0 Å². The molecule has 0 unspecified atom stereocenters. The van der Waals surface area contributed by atoms with Crippen molar-refractivity contribution in [2.45, 2.75) is 113 Å². The van der Waals surface area contributed by atoms with Gasteiger partial charge in [0, 0.05) is 37.3 Å². The topological polar surface area (TPSA) is 142 Å². The van der Waals surface area contributed by atoms with Crippen LogP contribution < -0.4 is 10.0 Å². The Morgan fingerprint density at radius 1 is 1.07 bits per heavy atom. The van der Waals surface area contributed by atoms with Crippen molar-refractivity contribution in [1.29, 1.82) is 0 Å². The van der Waals surface area contributed by atoms with Gasteiger partial charge in [0.15, 0.2) is 0 Å². The lowest BCUT2D eigenvalue weighted by Crippen LogP contribution is -2.56. The van der Waals surface area contributed by atoms with Gasteiger partial charge in [0.2, 0.25) is 21.8 Å². The molecule has 2 saturated carbocycles. The van der Waals surface area contributed by atoms with E-state index in [1.165, 1.54) is 10.5 Å². The van der Waals surface area contributed by atoms with E-state index in [9.17, 15) is 27.6 Å². The van der Waals surface area contributed by atoms with Gasteiger partial charge in [-0.2, -0.15) is 0 Å². The zero-order valence-corrected chi connectivity index (χ0v) is 26.9. The molecular formula is C33H44N4O7S. The molecule has 0 radical (unpaired) electrons. The number of amides is 4. The number of carbonyl (C=O) groups excluding carboxylic acids is 4. The number of fused-ring (bicyclic) bond motifs is 3. The lowest BCUT2D eigenvalue weighted by Gasteiger charge is -2.39. The molecule has 3 heterocycles. The normalized spacial score (nSPS) is 30.8. The average Bonchev–Trinajstić information content (AvgIpc) is 3.91. The van der Waals surface area contributed by atoms with E-state index >= 15 is 0 Å². The molecule has 2 aliphatic carbocycles. The lowest BCUT2D eigenvalue weighted by molar-refractivity contribution is -0.139. The largest absolute Gasteiger partial charge is 0.444 e. The summed E-state index contributed by atoms with van der Waals surface area (Å²) in [6, 6.07) is 7.09. The first-order valence-electron chi connectivity index (χ1n) is 16.3. The summed E-state index contributed by atoms with van der Waals surface area (Å²) < 4.78 is 33.4. The SMILES string of the molecule is CC1(C)CN(C(=O)O[C@@H]2C[C@H]3C(=O)N[C@]4(C(=O)NS(=O)(=O)C5CC5)C[C@H]4/C=C\CCCCCCC(=O)N3C2)Cc2ccccc21. The molecule has 4 atom stereocenters. The predicted octanol–water partition coefficient (Wildman–Crippen LogP) is 3.28. The molecule has 1 saturated heterocycles. The van der Waals surface area contributed by atoms with Gasteiger partial charge in [0.1, 0.15) is 17.7 Å². The first-order valence-corrected chi connectivity index (χ1v) is 17.8. The third-order valence-electron chi connectivity index (χ3n) is 9.95. The van der Waals surface area contributed by atoms with Gasteiger partial charge in [-0.1, -0.05) is 63.1 Å². The van der Waals surface area contributed by atoms with Crippen molar-refractivity contribution in [2.75, 3.05) is 13.1 Å². The van der Waals surface area contributed by atoms with E-state index in [4.69, 9.17) is 4.74 Å². The predicted molar refractivity (Wildman–Crippen MR) is 166 cm³/mol. The van der Waals surface area contributed by atoms with E-state index in [2.05, 4.69) is 30.0 Å². The van der Waals surface area contributed by atoms with Gasteiger partial charge in [-0.05, 0) is 49.7 Å². The summed E-state index contributed by atoms with van der Waals surface area (Å²) in [5.41, 5.74) is 0.568. The number of hydrogen-bond acceptors (Lipinski definition) is 7. The van der Waals surface area contributed by atoms with E-state index in [-0.39, 0.29) is 43.0 Å². The van der Waals surface area contributed by atoms with Crippen LogP contribution in [0.15, 0.2) is 36.4 Å². The van der Waals surface area contributed by atoms with Gasteiger partial charge in [0.25, 0.3) is 5.91 Å². The van der Waals surface area contributed by atoms with Crippen LogP contribution in [-0.4, -0.2) is 78.1 Å². The number of hydrogen-bond donors (Lipinski definition) is 2. The molecule has 11 nitrogen and oxygen atoms in total. The molecule has 1 aromatic rings. The number of ether oxygens (including phenoxy) is 1. The number of nitrogens with zero attached hydrogens (tertiary/aromatic N) is 2. The van der Waals surface area contributed by atoms with E-state index in [1.54, 1.807) is 4.90 Å². The van der Waals surface area contributed by atoms with Crippen LogP contribution in [0.3, 0.4) is 0 Å². The van der Waals surface area contributed by atoms with E-state index in [1.807, 2.05) is 30.4 Å². The number of carbonyl (C=O) groups is 4. The first-order chi connectivity index (χ1) is 21.4. The summed E-state index contributed by atoms with van der Waals surface area (Å²) in [7, 11) is -3.82. The van der Waals surface area contributed by atoms with Crippen LogP contribution in [0.1, 0.15) is 89.2 Å². The Balaban J connectivity index is 1.19. The Morgan fingerprint density at radius 3 is 2.60 bits per heavy atom. The van der Waals surface area contributed by atoms with Crippen LogP contribution >= 0.6 is 0 Å². The van der Waals surface area contributed by atoms with Crippen molar-refractivity contribution in [3.05, 3.63) is 47.5 Å². The number of allylic oxidation sites excluding steroid dienone is 1. The minimum absolute atomic E-state index is 0.0784. The second-order valence-corrected chi connectivity index (χ2v) is 16.0. The Hall–Kier alpha value is -3.41. The second-order valence-electron chi connectivity index (χ2n) is 14.0. The highest BCUT2D eigenvalue weighted by Gasteiger charge is 2.62. The zero-order chi connectivity index (χ0) is 32.0. The molecule has 0 bridgehead atoms. The van der Waals surface area contributed by atoms with Crippen molar-refractivity contribution in [1.82, 2.24) is 19.8 Å². The van der Waals surface area contributed by atoms with Crippen LogP contribution in [0.2, 0.25) is 0 Å². The van der Waals surface area contributed by atoms with Crippen LogP contribution in [0.5, 0.6) is 0 Å². The maximum absolute atomic E-state index is 13.9. The van der Waals surface area contributed by atoms with Gasteiger partial charge < -0.3 is 19.9 Å². The Kier molecular flexibility index (Phi) is 8.47. The van der Waals surface area contributed by atoms with Crippen LogP contribution in [0, 0.1) is 5.92 Å². The molecule has 244 valence electrons. The smallest absolute Gasteiger partial charge is 0.410 e. The van der Waals surface area contributed by atoms with Gasteiger partial charge in [-0.15, -0.1) is 0 Å². The Bertz CT molecular complexity index is 1500. The number of benzene rings is 1. The third kappa shape index (κ3) is 6.62. The standard InChI is InChI=1S/C33H44N4O7S/c1-32(2)21-36(19-22-11-9-10-13-26(22)32)31(41)44-24-17-27-29(39)34-33(30(40)35-45(42,43)25-15-16-25)18-23(33)12-7-5-3-4-6-8-14-28(38)37(27)20-24/h7,9-13,23-25,27H,3-6,8,14-21H2,1-2H3,(H,34,39)(H,35,40)/b12-7-/t23-,24-,27+,33-/m1/s1. The molecule has 0 spiro atoms. The fraction of sp³-hybridized carbons (Fsp3) is 0.636. The Morgan fingerprint density at radius 2 is 1.82 bits per heavy atom. The molecule has 4 amide bonds. The molecule has 3 fully saturated rings. The maximum atomic E-state index is 13.9. The highest BCUT2D eigenvalue weighted by molar-refractivity contribution is 7.91. The molecule has 1 aromatic carbocycles. The molecule has 5 aliphatic rings. The quantitative estimate of drug-likeness (QED) is 0.481. The van der Waals surface area contributed by atoms with Gasteiger partial charge in [0.05, 0.1) is 11.8 Å². The van der Waals surface area contributed by atoms with Gasteiger partial charge >= 0.3 is 6.09 Å². The summed E-state index contributed by atoms with van der Waals surface area (Å²) in [5.74, 6) is -1.84. The molecule has 12 heteroatoms. The molecule has 0 aromatic heterocycles. The monoisotopic (exact) mass is 640 g/mol. The van der Waals surface area contributed by atoms with E-state index < -0.39 is 50.9 Å². The van der Waals surface area contributed by atoms with E-state index in [0.29, 0.717) is 32.4 Å². The lowest BCUT2D eigenvalue weighted by atomic mass is 9.78. The van der Waals surface area contributed by atoms with Crippen LogP contribution in [-0.2, 0) is 41.1 Å². The number of nitrogens with one attached hydrogen (secondary N) is 2. The summed E-state index contributed by atoms with van der Waals surface area (Å²) in [6.07, 6.45) is 8.58. The molecule has 45 heavy (non-hydrogen) atoms. The number of rotatable bonds is 4. The highest BCUT2D eigenvalue weighted by Crippen LogP contribution is 2.46. The minimum atomic E-state index is -3.82.